The van der Waals surface area contributed by atoms with Gasteiger partial charge in [0.05, 0.1) is 18.3 Å². The molecule has 0 radical (unpaired) electrons. The summed E-state index contributed by atoms with van der Waals surface area (Å²) in [4.78, 5) is 11.2. The van der Waals surface area contributed by atoms with Gasteiger partial charge in [0.1, 0.15) is 6.10 Å². The van der Waals surface area contributed by atoms with Crippen molar-refractivity contribution in [1.29, 1.82) is 0 Å². The largest absolute Gasteiger partial charge is 0.459 e. The predicted octanol–water partition coefficient (Wildman–Crippen LogP) is 5.59. The van der Waals surface area contributed by atoms with E-state index in [1.165, 1.54) is 76.7 Å². The molecule has 0 fully saturated rings. The van der Waals surface area contributed by atoms with E-state index in [-0.39, 0.29) is 24.6 Å². The van der Waals surface area contributed by atoms with Crippen molar-refractivity contribution >= 4 is 5.97 Å². The lowest BCUT2D eigenvalue weighted by atomic mass is 9.98. The average Bonchev–Trinajstić information content (AvgIpc) is 2.73. The number of hydrogen-bond donors (Lipinski definition) is 3. The van der Waals surface area contributed by atoms with Crippen LogP contribution in [0.3, 0.4) is 0 Å². The lowest BCUT2D eigenvalue weighted by Gasteiger charge is -2.23. The van der Waals surface area contributed by atoms with Crippen molar-refractivity contribution in [3.05, 3.63) is 12.2 Å². The second kappa shape index (κ2) is 18.6. The molecule has 1 aliphatic rings. The highest BCUT2D eigenvalue weighted by atomic mass is 16.5. The summed E-state index contributed by atoms with van der Waals surface area (Å²) in [7, 11) is 0. The summed E-state index contributed by atoms with van der Waals surface area (Å²) in [5.41, 5.74) is 0. The maximum Gasteiger partial charge on any atom is 0.330 e. The number of hydrogen-bond acceptors (Lipinski definition) is 5. The maximum absolute atomic E-state index is 11.2. The third-order valence-electron chi connectivity index (χ3n) is 6.24. The van der Waals surface area contributed by atoms with Crippen molar-refractivity contribution in [2.24, 2.45) is 0 Å². The molecule has 4 atom stereocenters. The number of ether oxygens (including phenoxy) is 1. The molecule has 182 valence electrons. The van der Waals surface area contributed by atoms with Crippen molar-refractivity contribution in [2.75, 3.05) is 0 Å². The summed E-state index contributed by atoms with van der Waals surface area (Å²) in [5, 5.41) is 30.4. The van der Waals surface area contributed by atoms with E-state index in [1.54, 1.807) is 6.08 Å². The van der Waals surface area contributed by atoms with E-state index in [0.717, 1.165) is 12.8 Å². The second-order valence-corrected chi connectivity index (χ2v) is 9.38. The number of cyclic esters (lactones) is 1. The van der Waals surface area contributed by atoms with Gasteiger partial charge in [-0.25, -0.2) is 4.79 Å². The third-order valence-corrected chi connectivity index (χ3v) is 6.24. The molecular weight excluding hydrogens is 392 g/mol. The van der Waals surface area contributed by atoms with Gasteiger partial charge in [-0.3, -0.25) is 0 Å². The fraction of sp³-hybridized carbons (Fsp3) is 0.885. The van der Waals surface area contributed by atoms with Gasteiger partial charge in [-0.1, -0.05) is 90.0 Å². The Balaban J connectivity index is 1.91. The highest BCUT2D eigenvalue weighted by Crippen LogP contribution is 2.18. The lowest BCUT2D eigenvalue weighted by molar-refractivity contribution is -0.145. The van der Waals surface area contributed by atoms with Crippen molar-refractivity contribution in [1.82, 2.24) is 0 Å². The Labute approximate surface area is 190 Å². The van der Waals surface area contributed by atoms with Gasteiger partial charge in [-0.05, 0) is 25.7 Å². The van der Waals surface area contributed by atoms with Gasteiger partial charge >= 0.3 is 5.97 Å². The highest BCUT2D eigenvalue weighted by molar-refractivity contribution is 5.82. The van der Waals surface area contributed by atoms with Crippen molar-refractivity contribution in [2.45, 2.75) is 147 Å². The van der Waals surface area contributed by atoms with Crippen LogP contribution in [0.5, 0.6) is 0 Å². The van der Waals surface area contributed by atoms with Gasteiger partial charge in [0.15, 0.2) is 0 Å². The molecule has 3 N–H and O–H groups in total. The van der Waals surface area contributed by atoms with E-state index in [4.69, 9.17) is 4.74 Å². The van der Waals surface area contributed by atoms with E-state index in [9.17, 15) is 20.1 Å². The quantitative estimate of drug-likeness (QED) is 0.170. The van der Waals surface area contributed by atoms with E-state index < -0.39 is 12.2 Å². The fourth-order valence-corrected chi connectivity index (χ4v) is 4.29. The molecule has 0 aromatic carbocycles. The minimum Gasteiger partial charge on any atom is -0.459 e. The molecule has 31 heavy (non-hydrogen) atoms. The predicted molar refractivity (Wildman–Crippen MR) is 126 cm³/mol. The molecule has 0 spiro atoms. The Kier molecular flexibility index (Phi) is 16.9. The lowest BCUT2D eigenvalue weighted by Crippen LogP contribution is -2.28. The molecule has 0 aliphatic carbocycles. The number of aliphatic hydroxyl groups excluding tert-OH is 3. The Bertz CT molecular complexity index is 465. The molecule has 5 nitrogen and oxygen atoms in total. The molecule has 1 heterocycles. The number of esters is 1. The van der Waals surface area contributed by atoms with Crippen molar-refractivity contribution in [3.63, 3.8) is 0 Å². The maximum atomic E-state index is 11.2. The molecule has 0 unspecified atom stereocenters. The summed E-state index contributed by atoms with van der Waals surface area (Å²) in [6.07, 6.45) is 19.9. The van der Waals surface area contributed by atoms with Crippen LogP contribution in [0.1, 0.15) is 122 Å². The first kappa shape index (κ1) is 28.1. The van der Waals surface area contributed by atoms with Crippen LogP contribution >= 0.6 is 0 Å². The summed E-state index contributed by atoms with van der Waals surface area (Å²) >= 11 is 0. The summed E-state index contributed by atoms with van der Waals surface area (Å²) in [6.45, 7) is 2.26. The van der Waals surface area contributed by atoms with Crippen LogP contribution in [0.4, 0.5) is 0 Å². The molecular formula is C26H48O5. The van der Waals surface area contributed by atoms with Gasteiger partial charge < -0.3 is 20.1 Å². The Morgan fingerprint density at radius 2 is 1.35 bits per heavy atom. The van der Waals surface area contributed by atoms with Crippen LogP contribution in [-0.4, -0.2) is 45.7 Å². The molecule has 0 aromatic heterocycles. The van der Waals surface area contributed by atoms with Crippen LogP contribution in [0.25, 0.3) is 0 Å². The van der Waals surface area contributed by atoms with Gasteiger partial charge in [-0.15, -0.1) is 0 Å². The minimum atomic E-state index is -0.701. The van der Waals surface area contributed by atoms with E-state index in [1.807, 2.05) is 0 Å². The summed E-state index contributed by atoms with van der Waals surface area (Å²) in [5.74, 6) is -0.370. The van der Waals surface area contributed by atoms with Gasteiger partial charge in [0, 0.05) is 18.9 Å². The van der Waals surface area contributed by atoms with Crippen molar-refractivity contribution in [3.8, 4) is 0 Å². The highest BCUT2D eigenvalue weighted by Gasteiger charge is 2.22. The first-order chi connectivity index (χ1) is 15.0. The Morgan fingerprint density at radius 1 is 0.806 bits per heavy atom. The number of carbonyl (C=O) groups is 1. The van der Waals surface area contributed by atoms with Crippen LogP contribution in [0.15, 0.2) is 12.2 Å². The van der Waals surface area contributed by atoms with Crippen LogP contribution in [0.2, 0.25) is 0 Å². The fourth-order valence-electron chi connectivity index (χ4n) is 4.29. The third kappa shape index (κ3) is 16.4. The molecule has 0 amide bonds. The van der Waals surface area contributed by atoms with Gasteiger partial charge in [0.2, 0.25) is 0 Å². The molecule has 1 aliphatic heterocycles. The van der Waals surface area contributed by atoms with E-state index in [2.05, 4.69) is 6.92 Å². The van der Waals surface area contributed by atoms with Gasteiger partial charge in [0.25, 0.3) is 0 Å². The molecule has 5 heteroatoms. The molecule has 1 rings (SSSR count). The smallest absolute Gasteiger partial charge is 0.330 e. The Hall–Kier alpha value is -0.910. The minimum absolute atomic E-state index is 0.253. The molecule has 0 saturated heterocycles. The molecule has 0 bridgehead atoms. The van der Waals surface area contributed by atoms with Crippen LogP contribution in [-0.2, 0) is 9.53 Å². The van der Waals surface area contributed by atoms with Crippen LogP contribution < -0.4 is 0 Å². The average molecular weight is 441 g/mol. The number of carbonyl (C=O) groups excluding carboxylic acids is 1. The zero-order chi connectivity index (χ0) is 22.7. The molecule has 0 aromatic rings. The summed E-state index contributed by atoms with van der Waals surface area (Å²) < 4.78 is 5.14. The zero-order valence-corrected chi connectivity index (χ0v) is 19.9. The monoisotopic (exact) mass is 440 g/mol. The number of aliphatic hydroxyl groups is 3. The normalized spacial score (nSPS) is 19.2. The van der Waals surface area contributed by atoms with E-state index >= 15 is 0 Å². The molecule has 0 saturated carbocycles. The van der Waals surface area contributed by atoms with Crippen LogP contribution in [0, 0.1) is 0 Å². The first-order valence-electron chi connectivity index (χ1n) is 12.9. The standard InChI is InChI=1S/C26H48O5/c1-2-3-4-5-6-7-8-9-10-11-12-13-15-22(27)18-19-23(28)20-24(29)21-25-16-14-17-26(30)31-25/h14,17,22-25,27-29H,2-13,15-16,18-21H2,1H3/t22-,23-,24-,25+/m1/s1. The SMILES string of the molecule is CCCCCCCCCCCCCC[C@@H](O)CC[C@@H](O)C[C@@H](O)C[C@@H]1CC=CC(=O)O1. The zero-order valence-electron chi connectivity index (χ0n) is 19.9. The van der Waals surface area contributed by atoms with E-state index in [0.29, 0.717) is 25.7 Å². The first-order valence-corrected chi connectivity index (χ1v) is 12.9. The van der Waals surface area contributed by atoms with Crippen molar-refractivity contribution < 1.29 is 24.9 Å². The van der Waals surface area contributed by atoms with Gasteiger partial charge in [-0.2, -0.15) is 0 Å². The topological polar surface area (TPSA) is 87.0 Å². The second-order valence-electron chi connectivity index (χ2n) is 9.38. The number of rotatable bonds is 20. The number of unbranched alkanes of at least 4 members (excludes halogenated alkanes) is 11. The summed E-state index contributed by atoms with van der Waals surface area (Å²) in [6, 6.07) is 0. The Morgan fingerprint density at radius 3 is 1.94 bits per heavy atom.